The zero-order valence-corrected chi connectivity index (χ0v) is 17.4. The normalized spacial score (nSPS) is 11.2. The van der Waals surface area contributed by atoms with Gasteiger partial charge in [-0.15, -0.1) is 5.10 Å². The zero-order valence-electron chi connectivity index (χ0n) is 17.4. The molecular formula is C22H23N5O4. The van der Waals surface area contributed by atoms with Crippen LogP contribution in [0.4, 0.5) is 0 Å². The number of nitrogens with zero attached hydrogens (tertiary/aromatic N) is 4. The zero-order chi connectivity index (χ0) is 22.0. The minimum atomic E-state index is -0.465. The van der Waals surface area contributed by atoms with E-state index in [-0.39, 0.29) is 23.8 Å². The summed E-state index contributed by atoms with van der Waals surface area (Å²) < 4.78 is 9.15. The molecule has 31 heavy (non-hydrogen) atoms. The van der Waals surface area contributed by atoms with Crippen LogP contribution in [0.25, 0.3) is 16.7 Å². The number of benzene rings is 2. The topological polar surface area (TPSA) is 99.6 Å². The number of hydrogen-bond acceptors (Lipinski definition) is 5. The van der Waals surface area contributed by atoms with Crippen LogP contribution in [0.3, 0.4) is 0 Å². The van der Waals surface area contributed by atoms with Crippen molar-refractivity contribution in [1.29, 1.82) is 0 Å². The highest BCUT2D eigenvalue weighted by atomic mass is 16.5. The predicted molar refractivity (Wildman–Crippen MR) is 116 cm³/mol. The van der Waals surface area contributed by atoms with Crippen LogP contribution in [-0.4, -0.2) is 31.8 Å². The highest BCUT2D eigenvalue weighted by Crippen LogP contribution is 2.13. The summed E-state index contributed by atoms with van der Waals surface area (Å²) in [6, 6.07) is 14.3. The minimum Gasteiger partial charge on any atom is -0.497 e. The highest BCUT2D eigenvalue weighted by molar-refractivity contribution is 5.80. The molecule has 0 atom stereocenters. The molecule has 9 nitrogen and oxygen atoms in total. The molecule has 2 heterocycles. The van der Waals surface area contributed by atoms with E-state index in [1.54, 1.807) is 31.4 Å². The number of carbonyl (C=O) groups is 1. The van der Waals surface area contributed by atoms with Crippen LogP contribution in [0.1, 0.15) is 18.9 Å². The monoisotopic (exact) mass is 421 g/mol. The molecule has 0 fully saturated rings. The van der Waals surface area contributed by atoms with E-state index in [1.165, 1.54) is 8.97 Å². The Kier molecular flexibility index (Phi) is 5.57. The van der Waals surface area contributed by atoms with Crippen molar-refractivity contribution >= 4 is 22.6 Å². The van der Waals surface area contributed by atoms with Gasteiger partial charge in [0.25, 0.3) is 5.56 Å². The fraction of sp³-hybridized carbons (Fsp3) is 0.273. The van der Waals surface area contributed by atoms with Gasteiger partial charge in [-0.1, -0.05) is 31.2 Å². The number of methoxy groups -OCH3 is 1. The minimum absolute atomic E-state index is 0.204. The Balaban J connectivity index is 1.67. The van der Waals surface area contributed by atoms with Gasteiger partial charge in [0, 0.05) is 13.1 Å². The Labute approximate surface area is 177 Å². The first-order valence-corrected chi connectivity index (χ1v) is 10.0. The quantitative estimate of drug-likeness (QED) is 0.488. The summed E-state index contributed by atoms with van der Waals surface area (Å²) in [5.74, 6) is 0.572. The number of rotatable bonds is 7. The highest BCUT2D eigenvalue weighted by Gasteiger charge is 2.18. The van der Waals surface area contributed by atoms with Crippen LogP contribution in [0.5, 0.6) is 5.75 Å². The lowest BCUT2D eigenvalue weighted by Gasteiger charge is -2.07. The van der Waals surface area contributed by atoms with Gasteiger partial charge in [-0.25, -0.2) is 13.9 Å². The summed E-state index contributed by atoms with van der Waals surface area (Å²) in [5.41, 5.74) is 0.679. The average Bonchev–Trinajstić information content (AvgIpc) is 3.11. The summed E-state index contributed by atoms with van der Waals surface area (Å²) in [5, 5.41) is 7.54. The second kappa shape index (κ2) is 8.47. The molecule has 0 radical (unpaired) electrons. The maximum Gasteiger partial charge on any atom is 0.352 e. The van der Waals surface area contributed by atoms with Gasteiger partial charge in [-0.05, 0) is 36.2 Å². The van der Waals surface area contributed by atoms with Crippen molar-refractivity contribution in [3.05, 3.63) is 74.9 Å². The van der Waals surface area contributed by atoms with E-state index in [9.17, 15) is 14.4 Å². The number of para-hydroxylation sites is 1. The van der Waals surface area contributed by atoms with E-state index in [0.717, 1.165) is 10.2 Å². The molecule has 160 valence electrons. The number of hydrogen-bond donors (Lipinski definition) is 1. The number of nitrogens with one attached hydrogen (secondary N) is 1. The second-order valence-electron chi connectivity index (χ2n) is 7.18. The van der Waals surface area contributed by atoms with Gasteiger partial charge >= 0.3 is 5.69 Å². The van der Waals surface area contributed by atoms with Crippen molar-refractivity contribution in [3.8, 4) is 5.75 Å². The van der Waals surface area contributed by atoms with Crippen LogP contribution < -0.4 is 21.3 Å². The maximum absolute atomic E-state index is 13.1. The molecule has 1 amide bonds. The van der Waals surface area contributed by atoms with Crippen LogP contribution in [0.15, 0.2) is 58.1 Å². The summed E-state index contributed by atoms with van der Waals surface area (Å²) >= 11 is 0. The first kappa shape index (κ1) is 20.4. The number of aromatic nitrogens is 4. The largest absolute Gasteiger partial charge is 0.497 e. The van der Waals surface area contributed by atoms with Crippen molar-refractivity contribution in [1.82, 2.24) is 24.1 Å². The number of carbonyl (C=O) groups excluding carboxylic acids is 1. The molecule has 2 aromatic heterocycles. The van der Waals surface area contributed by atoms with Crippen LogP contribution in [0.2, 0.25) is 0 Å². The molecule has 0 saturated carbocycles. The first-order chi connectivity index (χ1) is 15.0. The van der Waals surface area contributed by atoms with Gasteiger partial charge in [-0.3, -0.25) is 14.2 Å². The third-order valence-electron chi connectivity index (χ3n) is 5.05. The van der Waals surface area contributed by atoms with E-state index in [4.69, 9.17) is 4.74 Å². The molecule has 0 aliphatic heterocycles. The van der Waals surface area contributed by atoms with E-state index >= 15 is 0 Å². The summed E-state index contributed by atoms with van der Waals surface area (Å²) in [4.78, 5) is 38.4. The van der Waals surface area contributed by atoms with Crippen molar-refractivity contribution in [2.24, 2.45) is 0 Å². The molecule has 4 aromatic rings. The molecule has 2 aromatic carbocycles. The summed E-state index contributed by atoms with van der Waals surface area (Å²) in [6.07, 6.45) is 0.704. The van der Waals surface area contributed by atoms with Crippen molar-refractivity contribution < 1.29 is 9.53 Å². The molecule has 9 heteroatoms. The fourth-order valence-corrected chi connectivity index (χ4v) is 3.57. The number of aryl methyl sites for hydroxylation is 1. The Hall–Kier alpha value is -3.88. The van der Waals surface area contributed by atoms with Crippen LogP contribution >= 0.6 is 0 Å². The Morgan fingerprint density at radius 1 is 1.13 bits per heavy atom. The lowest BCUT2D eigenvalue weighted by molar-refractivity contribution is -0.122. The Morgan fingerprint density at radius 2 is 1.94 bits per heavy atom. The molecule has 0 aliphatic carbocycles. The molecule has 4 rings (SSSR count). The molecule has 0 bridgehead atoms. The molecule has 0 saturated heterocycles. The second-order valence-corrected chi connectivity index (χ2v) is 7.18. The summed E-state index contributed by atoms with van der Waals surface area (Å²) in [7, 11) is 1.58. The lowest BCUT2D eigenvalue weighted by Crippen LogP contribution is -2.32. The Bertz CT molecular complexity index is 1380. The van der Waals surface area contributed by atoms with Gasteiger partial charge in [-0.2, -0.15) is 0 Å². The number of fused-ring (bicyclic) bond motifs is 3. The van der Waals surface area contributed by atoms with E-state index < -0.39 is 5.69 Å². The van der Waals surface area contributed by atoms with Crippen molar-refractivity contribution in [3.63, 3.8) is 0 Å². The van der Waals surface area contributed by atoms with Gasteiger partial charge in [0.05, 0.1) is 18.0 Å². The van der Waals surface area contributed by atoms with Crippen LogP contribution in [-0.2, 0) is 24.4 Å². The van der Waals surface area contributed by atoms with Gasteiger partial charge < -0.3 is 10.1 Å². The predicted octanol–water partition coefficient (Wildman–Crippen LogP) is 1.55. The smallest absolute Gasteiger partial charge is 0.352 e. The molecular weight excluding hydrogens is 398 g/mol. The van der Waals surface area contributed by atoms with Gasteiger partial charge in [0.15, 0.2) is 0 Å². The average molecular weight is 421 g/mol. The standard InChI is InChI=1S/C22H23N5O4/c1-3-11-25-20(29)17-9-4-5-10-18(17)27-21(25)24-26(22(27)30)14-19(28)23-13-15-7-6-8-16(12-15)31-2/h4-10,12H,3,11,13-14H2,1-2H3,(H,23,28). The third-order valence-corrected chi connectivity index (χ3v) is 5.05. The molecule has 0 unspecified atom stereocenters. The fourth-order valence-electron chi connectivity index (χ4n) is 3.57. The third kappa shape index (κ3) is 3.81. The maximum atomic E-state index is 13.1. The molecule has 1 N–H and O–H groups in total. The molecule has 0 spiro atoms. The van der Waals surface area contributed by atoms with Gasteiger partial charge in [0.1, 0.15) is 12.3 Å². The summed E-state index contributed by atoms with van der Waals surface area (Å²) in [6.45, 7) is 2.41. The first-order valence-electron chi connectivity index (χ1n) is 10.0. The number of ether oxygens (including phenoxy) is 1. The van der Waals surface area contributed by atoms with Gasteiger partial charge in [0.2, 0.25) is 11.7 Å². The van der Waals surface area contributed by atoms with Crippen molar-refractivity contribution in [2.75, 3.05) is 7.11 Å². The van der Waals surface area contributed by atoms with E-state index in [1.807, 2.05) is 31.2 Å². The molecule has 0 aliphatic rings. The van der Waals surface area contributed by atoms with Crippen LogP contribution in [0, 0.1) is 0 Å². The SMILES string of the molecule is CCCn1c(=O)c2ccccc2n2c(=O)n(CC(=O)NCc3cccc(OC)c3)nc12. The lowest BCUT2D eigenvalue weighted by atomic mass is 10.2. The van der Waals surface area contributed by atoms with Crippen molar-refractivity contribution in [2.45, 2.75) is 33.0 Å². The van der Waals surface area contributed by atoms with E-state index in [2.05, 4.69) is 10.4 Å². The number of amides is 1. The Morgan fingerprint density at radius 3 is 2.71 bits per heavy atom. The van der Waals surface area contributed by atoms with E-state index in [0.29, 0.717) is 36.2 Å².